The Bertz CT molecular complexity index is 813. The van der Waals surface area contributed by atoms with E-state index in [1.165, 1.54) is 37.7 Å². The van der Waals surface area contributed by atoms with Crippen molar-refractivity contribution >= 4 is 5.78 Å². The van der Waals surface area contributed by atoms with Crippen LogP contribution in [0.1, 0.15) is 98.8 Å². The van der Waals surface area contributed by atoms with Crippen LogP contribution in [0, 0.1) is 45.8 Å². The second kappa shape index (κ2) is 7.31. The highest BCUT2D eigenvalue weighted by Crippen LogP contribution is 2.72. The molecule has 2 nitrogen and oxygen atoms in total. The van der Waals surface area contributed by atoms with Gasteiger partial charge in [0.05, 0.1) is 11.5 Å². The molecule has 31 heavy (non-hydrogen) atoms. The van der Waals surface area contributed by atoms with Crippen molar-refractivity contribution in [3.8, 4) is 0 Å². The normalized spacial score (nSPS) is 44.6. The van der Waals surface area contributed by atoms with E-state index in [4.69, 9.17) is 0 Å². The van der Waals surface area contributed by atoms with Gasteiger partial charge in [-0.05, 0) is 112 Å². The molecule has 5 aliphatic carbocycles. The van der Waals surface area contributed by atoms with E-state index >= 15 is 0 Å². The van der Waals surface area contributed by atoms with Crippen molar-refractivity contribution in [2.75, 3.05) is 0 Å². The highest BCUT2D eigenvalue weighted by molar-refractivity contribution is 5.92. The summed E-state index contributed by atoms with van der Waals surface area (Å²) in [6.45, 7) is 11.7. The van der Waals surface area contributed by atoms with Crippen LogP contribution < -0.4 is 0 Å². The minimum atomic E-state index is -0.220. The lowest BCUT2D eigenvalue weighted by Gasteiger charge is -2.59. The Morgan fingerprint density at radius 2 is 1.87 bits per heavy atom. The number of hydrogen-bond donors (Lipinski definition) is 1. The Morgan fingerprint density at radius 3 is 2.55 bits per heavy atom. The van der Waals surface area contributed by atoms with Gasteiger partial charge in [0.25, 0.3) is 0 Å². The van der Waals surface area contributed by atoms with Gasteiger partial charge in [-0.15, -0.1) is 0 Å². The van der Waals surface area contributed by atoms with E-state index in [0.717, 1.165) is 49.9 Å². The molecule has 0 heterocycles. The van der Waals surface area contributed by atoms with Crippen molar-refractivity contribution in [3.05, 3.63) is 23.3 Å². The van der Waals surface area contributed by atoms with Crippen LogP contribution in [0.15, 0.2) is 23.3 Å². The maximum absolute atomic E-state index is 12.8. The number of hydrogen-bond acceptors (Lipinski definition) is 2. The first-order chi connectivity index (χ1) is 14.6. The average molecular weight is 425 g/mol. The maximum atomic E-state index is 12.8. The quantitative estimate of drug-likeness (QED) is 0.500. The van der Waals surface area contributed by atoms with Gasteiger partial charge in [-0.1, -0.05) is 44.1 Å². The molecule has 4 fully saturated rings. The van der Waals surface area contributed by atoms with Crippen molar-refractivity contribution in [2.24, 2.45) is 45.8 Å². The lowest BCUT2D eigenvalue weighted by atomic mass is 9.45. The molecular weight excluding hydrogens is 380 g/mol. The van der Waals surface area contributed by atoms with Crippen molar-refractivity contribution in [3.63, 3.8) is 0 Å². The first-order valence-corrected chi connectivity index (χ1v) is 13.2. The fourth-order valence-corrected chi connectivity index (χ4v) is 9.34. The lowest BCUT2D eigenvalue weighted by Crippen LogP contribution is -2.52. The molecule has 0 aromatic heterocycles. The summed E-state index contributed by atoms with van der Waals surface area (Å²) in [6.07, 6.45) is 16.0. The summed E-state index contributed by atoms with van der Waals surface area (Å²) < 4.78 is 0. The molecule has 8 atom stereocenters. The predicted molar refractivity (Wildman–Crippen MR) is 126 cm³/mol. The monoisotopic (exact) mass is 424 g/mol. The van der Waals surface area contributed by atoms with Crippen molar-refractivity contribution < 1.29 is 9.90 Å². The van der Waals surface area contributed by atoms with Crippen LogP contribution in [0.4, 0.5) is 0 Å². The number of carbonyl (C=O) groups excluding carboxylic acids is 1. The molecule has 1 spiro atoms. The van der Waals surface area contributed by atoms with Gasteiger partial charge in [0.15, 0.2) is 0 Å². The SMILES string of the molecule is CC(C)=CC[C@H](O)[C@@H](C)[C@H]1CC[C@H]2[C@@H]3CC=C4C5(CC5)C(=O)CC[C@]4(C)[C@H]3CC[C@]12C. The highest BCUT2D eigenvalue weighted by Gasteiger charge is 2.65. The van der Waals surface area contributed by atoms with Crippen LogP contribution >= 0.6 is 0 Å². The largest absolute Gasteiger partial charge is 0.393 e. The first-order valence-electron chi connectivity index (χ1n) is 13.2. The molecule has 2 heteroatoms. The number of carbonyl (C=O) groups is 1. The molecule has 5 rings (SSSR count). The summed E-state index contributed by atoms with van der Waals surface area (Å²) in [5.74, 6) is 3.89. The van der Waals surface area contributed by atoms with Gasteiger partial charge in [-0.2, -0.15) is 0 Å². The molecule has 0 saturated heterocycles. The van der Waals surface area contributed by atoms with Crippen molar-refractivity contribution in [1.29, 1.82) is 0 Å². The minimum absolute atomic E-state index is 0.0273. The van der Waals surface area contributed by atoms with Crippen molar-refractivity contribution in [1.82, 2.24) is 0 Å². The summed E-state index contributed by atoms with van der Waals surface area (Å²) >= 11 is 0. The second-order valence-corrected chi connectivity index (χ2v) is 12.8. The van der Waals surface area contributed by atoms with E-state index in [0.29, 0.717) is 23.0 Å². The van der Waals surface area contributed by atoms with E-state index in [1.54, 1.807) is 5.57 Å². The standard InChI is InChI=1S/C29H44O2/c1-18(2)6-10-24(30)19(3)21-8-9-22-20-7-11-25-28(5,23(20)12-14-27(21,22)4)15-13-26(31)29(25)16-17-29/h6,11,19-24,30H,7-10,12-17H2,1-5H3/t19-,20-,21+,22-,23-,24-,27+,28+/m0/s1. The summed E-state index contributed by atoms with van der Waals surface area (Å²) in [4.78, 5) is 12.8. The van der Waals surface area contributed by atoms with E-state index < -0.39 is 0 Å². The zero-order valence-corrected chi connectivity index (χ0v) is 20.5. The Balaban J connectivity index is 1.39. The molecule has 1 N–H and O–H groups in total. The molecule has 0 aromatic carbocycles. The molecule has 0 aliphatic heterocycles. The van der Waals surface area contributed by atoms with Gasteiger partial charge in [0, 0.05) is 6.42 Å². The Labute approximate surface area is 190 Å². The Morgan fingerprint density at radius 1 is 1.13 bits per heavy atom. The minimum Gasteiger partial charge on any atom is -0.393 e. The van der Waals surface area contributed by atoms with Gasteiger partial charge >= 0.3 is 0 Å². The van der Waals surface area contributed by atoms with Crippen LogP contribution in [0.25, 0.3) is 0 Å². The van der Waals surface area contributed by atoms with E-state index in [9.17, 15) is 9.90 Å². The molecule has 0 radical (unpaired) electrons. The average Bonchev–Trinajstić information content (AvgIpc) is 3.44. The molecule has 0 bridgehead atoms. The van der Waals surface area contributed by atoms with Crippen LogP contribution in [-0.4, -0.2) is 17.0 Å². The number of Topliss-reactive ketones (excluding diaryl/α,β-unsaturated/α-hetero) is 1. The van der Waals surface area contributed by atoms with Crippen molar-refractivity contribution in [2.45, 2.75) is 105 Å². The fourth-order valence-electron chi connectivity index (χ4n) is 9.34. The number of aliphatic hydroxyl groups is 1. The first kappa shape index (κ1) is 21.9. The summed E-state index contributed by atoms with van der Waals surface area (Å²) in [5.41, 5.74) is 3.48. The number of rotatable bonds is 4. The van der Waals surface area contributed by atoms with Crippen LogP contribution in [0.2, 0.25) is 0 Å². The number of fused-ring (bicyclic) bond motifs is 6. The fraction of sp³-hybridized carbons (Fsp3) is 0.828. The lowest BCUT2D eigenvalue weighted by molar-refractivity contribution is -0.128. The Kier molecular flexibility index (Phi) is 5.17. The molecule has 172 valence electrons. The Hall–Kier alpha value is -0.890. The molecule has 4 saturated carbocycles. The van der Waals surface area contributed by atoms with E-state index in [1.807, 2.05) is 0 Å². The van der Waals surface area contributed by atoms with Gasteiger partial charge in [-0.25, -0.2) is 0 Å². The maximum Gasteiger partial charge on any atom is 0.143 e. The predicted octanol–water partition coefficient (Wildman–Crippen LogP) is 6.88. The van der Waals surface area contributed by atoms with Crippen LogP contribution in [0.3, 0.4) is 0 Å². The van der Waals surface area contributed by atoms with Crippen LogP contribution in [-0.2, 0) is 4.79 Å². The van der Waals surface area contributed by atoms with Gasteiger partial charge < -0.3 is 5.11 Å². The van der Waals surface area contributed by atoms with Gasteiger partial charge in [0.2, 0.25) is 0 Å². The second-order valence-electron chi connectivity index (χ2n) is 12.8. The van der Waals surface area contributed by atoms with E-state index in [-0.39, 0.29) is 16.9 Å². The smallest absolute Gasteiger partial charge is 0.143 e. The van der Waals surface area contributed by atoms with E-state index in [2.05, 4.69) is 46.8 Å². The number of allylic oxidation sites excluding steroid dienone is 3. The zero-order chi connectivity index (χ0) is 22.2. The number of ketones is 1. The molecule has 0 aromatic rings. The topological polar surface area (TPSA) is 37.3 Å². The molecule has 0 amide bonds. The van der Waals surface area contributed by atoms with Crippen LogP contribution in [0.5, 0.6) is 0 Å². The van der Waals surface area contributed by atoms with Gasteiger partial charge in [0.1, 0.15) is 5.78 Å². The van der Waals surface area contributed by atoms with Gasteiger partial charge in [-0.3, -0.25) is 4.79 Å². The third-order valence-corrected chi connectivity index (χ3v) is 11.2. The number of aliphatic hydroxyl groups excluding tert-OH is 1. The summed E-state index contributed by atoms with van der Waals surface area (Å²) in [6, 6.07) is 0. The third kappa shape index (κ3) is 3.10. The summed E-state index contributed by atoms with van der Waals surface area (Å²) in [7, 11) is 0. The third-order valence-electron chi connectivity index (χ3n) is 11.2. The summed E-state index contributed by atoms with van der Waals surface area (Å²) in [5, 5.41) is 11.0. The molecule has 5 aliphatic rings. The molecular formula is C29H44O2. The highest BCUT2D eigenvalue weighted by atomic mass is 16.3. The zero-order valence-electron chi connectivity index (χ0n) is 20.5. The molecule has 0 unspecified atom stereocenters.